The van der Waals surface area contributed by atoms with E-state index in [0.29, 0.717) is 5.92 Å². The number of amides is 1. The van der Waals surface area contributed by atoms with Crippen molar-refractivity contribution in [3.8, 4) is 5.75 Å². The van der Waals surface area contributed by atoms with Gasteiger partial charge in [-0.15, -0.1) is 0 Å². The standard InChI is InChI=1S/C21H30N2O2/c1-14(24)22-18-5-6-21(25-2)19(13-18)16-7-9-23(10-8-16)20-12-15-3-4-17(20)11-15/h5-6,13,15-17,20H,3-4,7-12H2,1-2H3,(H,22,24)/t15-,17-,20-/m0/s1. The zero-order valence-electron chi connectivity index (χ0n) is 15.5. The van der Waals surface area contributed by atoms with Crippen LogP contribution in [0.2, 0.25) is 0 Å². The number of carbonyl (C=O) groups is 1. The highest BCUT2D eigenvalue weighted by atomic mass is 16.5. The van der Waals surface area contributed by atoms with Gasteiger partial charge in [0.15, 0.2) is 0 Å². The van der Waals surface area contributed by atoms with Crippen molar-refractivity contribution in [2.24, 2.45) is 11.8 Å². The molecule has 1 saturated heterocycles. The third-order valence-corrected chi connectivity index (χ3v) is 6.69. The first kappa shape index (κ1) is 16.9. The molecule has 1 aliphatic heterocycles. The Morgan fingerprint density at radius 1 is 1.16 bits per heavy atom. The zero-order valence-corrected chi connectivity index (χ0v) is 15.5. The average Bonchev–Trinajstić information content (AvgIpc) is 3.25. The number of hydrogen-bond donors (Lipinski definition) is 1. The molecule has 1 N–H and O–H groups in total. The van der Waals surface area contributed by atoms with E-state index < -0.39 is 0 Å². The number of hydrogen-bond acceptors (Lipinski definition) is 3. The molecular weight excluding hydrogens is 312 g/mol. The summed E-state index contributed by atoms with van der Waals surface area (Å²) < 4.78 is 5.60. The summed E-state index contributed by atoms with van der Waals surface area (Å²) in [4.78, 5) is 14.1. The Morgan fingerprint density at radius 2 is 1.96 bits per heavy atom. The SMILES string of the molecule is COc1ccc(NC(C)=O)cc1C1CCN([C@H]2C[C@H]3CC[C@H]2C3)CC1. The molecule has 1 heterocycles. The lowest BCUT2D eigenvalue weighted by Gasteiger charge is -2.40. The minimum absolute atomic E-state index is 0.0257. The van der Waals surface area contributed by atoms with Gasteiger partial charge in [-0.05, 0) is 86.7 Å². The zero-order chi connectivity index (χ0) is 17.4. The number of carbonyl (C=O) groups excluding carboxylic acids is 1. The number of benzene rings is 1. The molecular formula is C21H30N2O2. The van der Waals surface area contributed by atoms with Gasteiger partial charge < -0.3 is 15.0 Å². The molecule has 4 nitrogen and oxygen atoms in total. The van der Waals surface area contributed by atoms with E-state index in [1.165, 1.54) is 57.2 Å². The van der Waals surface area contributed by atoms with Gasteiger partial charge in [-0.1, -0.05) is 6.42 Å². The van der Waals surface area contributed by atoms with E-state index in [1.54, 1.807) is 14.0 Å². The number of likely N-dealkylation sites (tertiary alicyclic amines) is 1. The molecule has 3 fully saturated rings. The summed E-state index contributed by atoms with van der Waals surface area (Å²) in [5, 5.41) is 2.90. The molecule has 4 rings (SSSR count). The smallest absolute Gasteiger partial charge is 0.221 e. The number of anilines is 1. The predicted octanol–water partition coefficient (Wildman–Crippen LogP) is 4.02. The van der Waals surface area contributed by atoms with E-state index in [9.17, 15) is 4.79 Å². The van der Waals surface area contributed by atoms with Crippen molar-refractivity contribution < 1.29 is 9.53 Å². The van der Waals surface area contributed by atoms with Gasteiger partial charge in [0.2, 0.25) is 5.91 Å². The van der Waals surface area contributed by atoms with E-state index >= 15 is 0 Å². The minimum atomic E-state index is -0.0257. The molecule has 3 atom stereocenters. The lowest BCUT2D eigenvalue weighted by molar-refractivity contribution is -0.114. The maximum Gasteiger partial charge on any atom is 0.221 e. The molecule has 2 saturated carbocycles. The second kappa shape index (κ2) is 6.99. The number of ether oxygens (including phenoxy) is 1. The molecule has 4 heteroatoms. The molecule has 0 radical (unpaired) electrons. The Kier molecular flexibility index (Phi) is 4.72. The molecule has 0 spiro atoms. The minimum Gasteiger partial charge on any atom is -0.496 e. The van der Waals surface area contributed by atoms with Gasteiger partial charge in [-0.3, -0.25) is 4.79 Å². The number of fused-ring (bicyclic) bond motifs is 2. The predicted molar refractivity (Wildman–Crippen MR) is 100 cm³/mol. The molecule has 0 aromatic heterocycles. The van der Waals surface area contributed by atoms with Gasteiger partial charge in [-0.2, -0.15) is 0 Å². The van der Waals surface area contributed by atoms with Crippen LogP contribution in [0, 0.1) is 11.8 Å². The molecule has 2 bridgehead atoms. The van der Waals surface area contributed by atoms with Crippen LogP contribution < -0.4 is 10.1 Å². The largest absolute Gasteiger partial charge is 0.496 e. The highest BCUT2D eigenvalue weighted by Crippen LogP contribution is 2.48. The van der Waals surface area contributed by atoms with Crippen molar-refractivity contribution in [3.05, 3.63) is 23.8 Å². The van der Waals surface area contributed by atoms with Crippen LogP contribution in [0.3, 0.4) is 0 Å². The average molecular weight is 342 g/mol. The van der Waals surface area contributed by atoms with Crippen molar-refractivity contribution in [2.45, 2.75) is 57.4 Å². The number of methoxy groups -OCH3 is 1. The van der Waals surface area contributed by atoms with Crippen LogP contribution in [0.4, 0.5) is 5.69 Å². The van der Waals surface area contributed by atoms with Crippen LogP contribution in [-0.4, -0.2) is 37.0 Å². The summed E-state index contributed by atoms with van der Waals surface area (Å²) in [5.41, 5.74) is 2.13. The summed E-state index contributed by atoms with van der Waals surface area (Å²) in [6.45, 7) is 3.95. The number of nitrogens with zero attached hydrogens (tertiary/aromatic N) is 1. The summed E-state index contributed by atoms with van der Waals surface area (Å²) in [6, 6.07) is 6.88. The highest BCUT2D eigenvalue weighted by molar-refractivity contribution is 5.88. The Balaban J connectivity index is 1.43. The van der Waals surface area contributed by atoms with Crippen LogP contribution in [0.5, 0.6) is 5.75 Å². The van der Waals surface area contributed by atoms with Crippen LogP contribution >= 0.6 is 0 Å². The maximum absolute atomic E-state index is 11.4. The third kappa shape index (κ3) is 3.41. The first-order valence-corrected chi connectivity index (χ1v) is 9.83. The monoisotopic (exact) mass is 342 g/mol. The van der Waals surface area contributed by atoms with Gasteiger partial charge in [0.1, 0.15) is 5.75 Å². The summed E-state index contributed by atoms with van der Waals surface area (Å²) in [7, 11) is 1.74. The number of rotatable bonds is 4. The Bertz CT molecular complexity index is 637. The molecule has 3 aliphatic rings. The lowest BCUT2D eigenvalue weighted by atomic mass is 9.86. The van der Waals surface area contributed by atoms with E-state index in [1.807, 2.05) is 12.1 Å². The summed E-state index contributed by atoms with van der Waals surface area (Å²) >= 11 is 0. The van der Waals surface area contributed by atoms with Crippen molar-refractivity contribution in [1.82, 2.24) is 4.90 Å². The van der Waals surface area contributed by atoms with E-state index in [4.69, 9.17) is 4.74 Å². The molecule has 0 unspecified atom stereocenters. The highest BCUT2D eigenvalue weighted by Gasteiger charge is 2.43. The van der Waals surface area contributed by atoms with Gasteiger partial charge in [0, 0.05) is 18.7 Å². The van der Waals surface area contributed by atoms with E-state index in [0.717, 1.165) is 29.3 Å². The second-order valence-corrected chi connectivity index (χ2v) is 8.19. The van der Waals surface area contributed by atoms with E-state index in [-0.39, 0.29) is 5.91 Å². The maximum atomic E-state index is 11.4. The van der Waals surface area contributed by atoms with E-state index in [2.05, 4.69) is 16.3 Å². The number of nitrogens with one attached hydrogen (secondary N) is 1. The Labute approximate surface area is 150 Å². The fraction of sp³-hybridized carbons (Fsp3) is 0.667. The van der Waals surface area contributed by atoms with Crippen LogP contribution in [0.1, 0.15) is 56.9 Å². The van der Waals surface area contributed by atoms with Gasteiger partial charge in [-0.25, -0.2) is 0 Å². The van der Waals surface area contributed by atoms with Crippen LogP contribution in [0.25, 0.3) is 0 Å². The molecule has 1 aromatic rings. The molecule has 136 valence electrons. The number of piperidine rings is 1. The van der Waals surface area contributed by atoms with Crippen molar-refractivity contribution in [1.29, 1.82) is 0 Å². The van der Waals surface area contributed by atoms with Crippen LogP contribution in [-0.2, 0) is 4.79 Å². The first-order valence-electron chi connectivity index (χ1n) is 9.83. The van der Waals surface area contributed by atoms with Gasteiger partial charge in [0.05, 0.1) is 7.11 Å². The topological polar surface area (TPSA) is 41.6 Å². The normalized spacial score (nSPS) is 29.8. The fourth-order valence-electron chi connectivity index (χ4n) is 5.53. The Morgan fingerprint density at radius 3 is 2.56 bits per heavy atom. The lowest BCUT2D eigenvalue weighted by Crippen LogP contribution is -2.43. The molecule has 2 aliphatic carbocycles. The van der Waals surface area contributed by atoms with Gasteiger partial charge in [0.25, 0.3) is 0 Å². The molecule has 1 amide bonds. The van der Waals surface area contributed by atoms with Gasteiger partial charge >= 0.3 is 0 Å². The van der Waals surface area contributed by atoms with Crippen LogP contribution in [0.15, 0.2) is 18.2 Å². The third-order valence-electron chi connectivity index (χ3n) is 6.69. The summed E-state index contributed by atoms with van der Waals surface area (Å²) in [5.74, 6) is 3.44. The van der Waals surface area contributed by atoms with Crippen molar-refractivity contribution in [3.63, 3.8) is 0 Å². The fourth-order valence-corrected chi connectivity index (χ4v) is 5.53. The molecule has 1 aromatic carbocycles. The first-order chi connectivity index (χ1) is 12.1. The quantitative estimate of drug-likeness (QED) is 0.898. The van der Waals surface area contributed by atoms with Crippen molar-refractivity contribution >= 4 is 11.6 Å². The second-order valence-electron chi connectivity index (χ2n) is 8.19. The molecule has 25 heavy (non-hydrogen) atoms. The van der Waals surface area contributed by atoms with Crippen molar-refractivity contribution in [2.75, 3.05) is 25.5 Å². The summed E-state index contributed by atoms with van der Waals surface area (Å²) in [6.07, 6.45) is 8.24. The Hall–Kier alpha value is -1.55.